The number of phenols is 1. The molecule has 2 bridgehead atoms. The van der Waals surface area contributed by atoms with Crippen LogP contribution in [-0.2, 0) is 26.2 Å². The molecule has 4 unspecified atom stereocenters. The van der Waals surface area contributed by atoms with Gasteiger partial charge in [0, 0.05) is 18.5 Å². The van der Waals surface area contributed by atoms with Crippen LogP contribution in [0.3, 0.4) is 0 Å². The zero-order valence-corrected chi connectivity index (χ0v) is 18.8. The fourth-order valence-corrected chi connectivity index (χ4v) is 6.60. The van der Waals surface area contributed by atoms with Gasteiger partial charge in [0.15, 0.2) is 11.5 Å². The summed E-state index contributed by atoms with van der Waals surface area (Å²) in [6.07, 6.45) is 1.84. The number of piperidine rings is 1. The predicted octanol–water partition coefficient (Wildman–Crippen LogP) is -1.09. The van der Waals surface area contributed by atoms with Gasteiger partial charge in [-0.05, 0) is 50.9 Å². The summed E-state index contributed by atoms with van der Waals surface area (Å²) in [5.41, 5.74) is 0.229. The summed E-state index contributed by atoms with van der Waals surface area (Å²) in [4.78, 5) is 37.6. The maximum atomic E-state index is 12.7. The largest absolute Gasteiger partial charge is 0.504 e. The number of hydrogen-bond acceptors (Lipinski definition) is 7. The third-order valence-electron chi connectivity index (χ3n) is 8.02. The Morgan fingerprint density at radius 2 is 1.94 bits per heavy atom. The first-order chi connectivity index (χ1) is 15.7. The van der Waals surface area contributed by atoms with Crippen LogP contribution >= 0.6 is 0 Å². The number of likely N-dealkylation sites (tertiary alicyclic amines) is 1. The van der Waals surface area contributed by atoms with Crippen LogP contribution in [0.15, 0.2) is 12.1 Å². The highest BCUT2D eigenvalue weighted by Crippen LogP contribution is 2.65. The normalized spacial score (nSPS) is 33.5. The van der Waals surface area contributed by atoms with E-state index in [4.69, 9.17) is 4.74 Å². The van der Waals surface area contributed by atoms with Crippen LogP contribution < -0.4 is 20.7 Å². The van der Waals surface area contributed by atoms with Gasteiger partial charge < -0.3 is 35.8 Å². The molecule has 2 heterocycles. The lowest BCUT2D eigenvalue weighted by Gasteiger charge is -2.63. The molecule has 5 N–H and O–H groups in total. The second-order valence-corrected chi connectivity index (χ2v) is 9.73. The van der Waals surface area contributed by atoms with Crippen LogP contribution in [0.25, 0.3) is 0 Å². The molecule has 0 aromatic heterocycles. The lowest BCUT2D eigenvalue weighted by atomic mass is 9.48. The van der Waals surface area contributed by atoms with E-state index in [1.165, 1.54) is 6.92 Å². The predicted molar refractivity (Wildman–Crippen MR) is 117 cm³/mol. The number of amides is 3. The molecular formula is C23H30N4O6. The van der Waals surface area contributed by atoms with Crippen molar-refractivity contribution in [2.45, 2.75) is 61.8 Å². The molecule has 5 rings (SSSR count). The van der Waals surface area contributed by atoms with E-state index in [1.54, 1.807) is 6.07 Å². The SMILES string of the molecule is CC(=O)NCC(=O)NCC(=O)NC1CCC2(O)[C@H]3Cc4ccc(O)c5c4C2(CCN3C)C1O5. The van der Waals surface area contributed by atoms with Crippen molar-refractivity contribution in [2.24, 2.45) is 0 Å². The summed E-state index contributed by atoms with van der Waals surface area (Å²) >= 11 is 0. The Morgan fingerprint density at radius 1 is 1.18 bits per heavy atom. The number of aromatic hydroxyl groups is 1. The Hall–Kier alpha value is -2.85. The molecule has 4 aliphatic rings. The molecule has 1 spiro atoms. The maximum absolute atomic E-state index is 12.7. The van der Waals surface area contributed by atoms with Crippen molar-refractivity contribution < 1.29 is 29.3 Å². The smallest absolute Gasteiger partial charge is 0.239 e. The van der Waals surface area contributed by atoms with Crippen LogP contribution in [0.2, 0.25) is 0 Å². The van der Waals surface area contributed by atoms with Gasteiger partial charge in [0.05, 0.1) is 30.1 Å². The highest BCUT2D eigenvalue weighted by atomic mass is 16.5. The average molecular weight is 459 g/mol. The summed E-state index contributed by atoms with van der Waals surface area (Å²) < 4.78 is 6.34. The number of hydrogen-bond donors (Lipinski definition) is 5. The van der Waals surface area contributed by atoms with Crippen molar-refractivity contribution in [2.75, 3.05) is 26.7 Å². The number of phenolic OH excluding ortho intramolecular Hbond substituents is 1. The summed E-state index contributed by atoms with van der Waals surface area (Å²) in [5, 5.41) is 30.5. The molecule has 5 atom stereocenters. The molecule has 10 heteroatoms. The molecule has 3 amide bonds. The molecule has 178 valence electrons. The minimum Gasteiger partial charge on any atom is -0.504 e. The monoisotopic (exact) mass is 458 g/mol. The molecule has 2 fully saturated rings. The molecule has 10 nitrogen and oxygen atoms in total. The molecule has 1 saturated carbocycles. The summed E-state index contributed by atoms with van der Waals surface area (Å²) in [5.74, 6) is -0.687. The third-order valence-corrected chi connectivity index (χ3v) is 8.02. The van der Waals surface area contributed by atoms with E-state index < -0.39 is 23.0 Å². The lowest BCUT2D eigenvalue weighted by Crippen LogP contribution is -2.77. The first kappa shape index (κ1) is 22.0. The van der Waals surface area contributed by atoms with Gasteiger partial charge in [-0.25, -0.2) is 0 Å². The first-order valence-electron chi connectivity index (χ1n) is 11.4. The highest BCUT2D eigenvalue weighted by Gasteiger charge is 2.72. The molecule has 33 heavy (non-hydrogen) atoms. The quantitative estimate of drug-likeness (QED) is 0.378. The molecule has 1 aromatic carbocycles. The van der Waals surface area contributed by atoms with Crippen LogP contribution in [0.5, 0.6) is 11.5 Å². The number of ether oxygens (including phenoxy) is 1. The third kappa shape index (κ3) is 3.11. The van der Waals surface area contributed by atoms with Gasteiger partial charge in [-0.2, -0.15) is 0 Å². The van der Waals surface area contributed by atoms with E-state index in [1.807, 2.05) is 13.1 Å². The Balaban J connectivity index is 1.39. The van der Waals surface area contributed by atoms with E-state index in [-0.39, 0.29) is 42.7 Å². The summed E-state index contributed by atoms with van der Waals surface area (Å²) in [6, 6.07) is 3.11. The van der Waals surface area contributed by atoms with Crippen molar-refractivity contribution in [3.8, 4) is 11.5 Å². The number of carbonyl (C=O) groups excluding carboxylic acids is 3. The van der Waals surface area contributed by atoms with E-state index >= 15 is 0 Å². The zero-order valence-electron chi connectivity index (χ0n) is 18.8. The van der Waals surface area contributed by atoms with Crippen LogP contribution in [0.4, 0.5) is 0 Å². The Labute approximate surface area is 191 Å². The topological polar surface area (TPSA) is 140 Å². The fourth-order valence-electron chi connectivity index (χ4n) is 6.60. The van der Waals surface area contributed by atoms with E-state index in [0.29, 0.717) is 31.4 Å². The molecule has 1 saturated heterocycles. The summed E-state index contributed by atoms with van der Waals surface area (Å²) in [7, 11) is 2.03. The number of nitrogens with one attached hydrogen (secondary N) is 3. The Morgan fingerprint density at radius 3 is 2.70 bits per heavy atom. The fraction of sp³-hybridized carbons (Fsp3) is 0.609. The van der Waals surface area contributed by atoms with Gasteiger partial charge in [0.25, 0.3) is 0 Å². The lowest BCUT2D eigenvalue weighted by molar-refractivity contribution is -0.187. The Bertz CT molecular complexity index is 1030. The van der Waals surface area contributed by atoms with E-state index in [9.17, 15) is 24.6 Å². The number of benzene rings is 1. The molecule has 2 aliphatic carbocycles. The molecule has 2 aliphatic heterocycles. The minimum atomic E-state index is -1.02. The highest BCUT2D eigenvalue weighted by molar-refractivity contribution is 5.87. The number of likely N-dealkylation sites (N-methyl/N-ethyl adjacent to an activating group) is 1. The average Bonchev–Trinajstić information content (AvgIpc) is 3.13. The van der Waals surface area contributed by atoms with E-state index in [2.05, 4.69) is 20.9 Å². The second-order valence-electron chi connectivity index (χ2n) is 9.73. The maximum Gasteiger partial charge on any atom is 0.239 e. The van der Waals surface area contributed by atoms with Gasteiger partial charge >= 0.3 is 0 Å². The van der Waals surface area contributed by atoms with Gasteiger partial charge in [-0.15, -0.1) is 0 Å². The van der Waals surface area contributed by atoms with Crippen LogP contribution in [0.1, 0.15) is 37.3 Å². The van der Waals surface area contributed by atoms with Crippen molar-refractivity contribution in [3.05, 3.63) is 23.3 Å². The number of rotatable bonds is 5. The van der Waals surface area contributed by atoms with Crippen molar-refractivity contribution in [1.82, 2.24) is 20.9 Å². The number of carbonyl (C=O) groups is 3. The Kier molecular flexibility index (Phi) is 5.06. The first-order valence-corrected chi connectivity index (χ1v) is 11.4. The van der Waals surface area contributed by atoms with Crippen molar-refractivity contribution >= 4 is 17.7 Å². The molecule has 1 aromatic rings. The van der Waals surface area contributed by atoms with Crippen molar-refractivity contribution in [1.29, 1.82) is 0 Å². The van der Waals surface area contributed by atoms with Crippen LogP contribution in [-0.4, -0.2) is 83.3 Å². The number of aliphatic hydroxyl groups is 1. The van der Waals surface area contributed by atoms with Gasteiger partial charge in [0.1, 0.15) is 6.10 Å². The number of nitrogens with zero attached hydrogens (tertiary/aromatic N) is 1. The van der Waals surface area contributed by atoms with Crippen molar-refractivity contribution in [3.63, 3.8) is 0 Å². The van der Waals surface area contributed by atoms with Gasteiger partial charge in [-0.3, -0.25) is 14.4 Å². The molecule has 0 radical (unpaired) electrons. The van der Waals surface area contributed by atoms with E-state index in [0.717, 1.165) is 17.7 Å². The van der Waals surface area contributed by atoms with Crippen LogP contribution in [0, 0.1) is 0 Å². The van der Waals surface area contributed by atoms with Gasteiger partial charge in [-0.1, -0.05) is 6.07 Å². The van der Waals surface area contributed by atoms with Gasteiger partial charge in [0.2, 0.25) is 17.7 Å². The minimum absolute atomic E-state index is 0.0487. The summed E-state index contributed by atoms with van der Waals surface area (Å²) in [6.45, 7) is 1.67. The second kappa shape index (κ2) is 7.59. The zero-order chi connectivity index (χ0) is 23.5. The standard InChI is InChI=1S/C23H30N4O6/c1-12(28)24-10-17(30)25-11-18(31)26-14-5-6-23(32)16-9-13-3-4-15(29)20-19(13)22(23,21(14)33-20)7-8-27(16)2/h3-4,14,16,21,29,32H,5-11H2,1-2H3,(H,24,28)(H,25,30)(H,26,31)/t14?,16-,21?,22?,23?/m1/s1. The molecular weight excluding hydrogens is 428 g/mol.